The lowest BCUT2D eigenvalue weighted by Crippen LogP contribution is -2.50. The Bertz CT molecular complexity index is 1030. The van der Waals surface area contributed by atoms with Crippen molar-refractivity contribution in [1.82, 2.24) is 10.2 Å². The van der Waals surface area contributed by atoms with Crippen molar-refractivity contribution in [1.29, 1.82) is 0 Å². The molecule has 3 atom stereocenters. The van der Waals surface area contributed by atoms with Crippen molar-refractivity contribution < 1.29 is 22.8 Å². The van der Waals surface area contributed by atoms with Crippen LogP contribution in [0.4, 0.5) is 13.2 Å². The van der Waals surface area contributed by atoms with Gasteiger partial charge in [-0.15, -0.1) is 0 Å². The van der Waals surface area contributed by atoms with E-state index in [1.807, 2.05) is 4.90 Å². The standard InChI is InChI=1S/C24H26F3N3O2/c1-29-23(31)13-3-2-4-14(7-13)24(32)30-17-5-6-18(30)9-16(8-17)22(28)11-15-10-20(26)21(27)12-19(15)25/h2-4,7,10,12,16-18,22H,5-6,8-9,11,28H2,1H3,(H,29,31)/t16?,17?,18?,22-/m1/s1. The van der Waals surface area contributed by atoms with Gasteiger partial charge in [0.15, 0.2) is 11.6 Å². The Morgan fingerprint density at radius 2 is 1.66 bits per heavy atom. The van der Waals surface area contributed by atoms with Gasteiger partial charge in [0.1, 0.15) is 5.82 Å². The molecule has 3 N–H and O–H groups in total. The number of halogens is 3. The van der Waals surface area contributed by atoms with Gasteiger partial charge in [-0.25, -0.2) is 13.2 Å². The van der Waals surface area contributed by atoms with Gasteiger partial charge in [0, 0.05) is 42.4 Å². The quantitative estimate of drug-likeness (QED) is 0.693. The summed E-state index contributed by atoms with van der Waals surface area (Å²) in [5.41, 5.74) is 7.32. The van der Waals surface area contributed by atoms with E-state index >= 15 is 0 Å². The number of hydrogen-bond donors (Lipinski definition) is 2. The van der Waals surface area contributed by atoms with Crippen molar-refractivity contribution in [3.63, 3.8) is 0 Å². The molecule has 5 nitrogen and oxygen atoms in total. The topological polar surface area (TPSA) is 75.4 Å². The number of carbonyl (C=O) groups excluding carboxylic acids is 2. The second-order valence-electron chi connectivity index (χ2n) is 8.71. The zero-order valence-corrected chi connectivity index (χ0v) is 17.8. The summed E-state index contributed by atoms with van der Waals surface area (Å²) in [6, 6.07) is 7.68. The van der Waals surface area contributed by atoms with Crippen LogP contribution < -0.4 is 11.1 Å². The van der Waals surface area contributed by atoms with E-state index in [2.05, 4.69) is 5.32 Å². The first kappa shape index (κ1) is 22.3. The second-order valence-corrected chi connectivity index (χ2v) is 8.71. The van der Waals surface area contributed by atoms with Crippen LogP contribution in [0, 0.1) is 23.4 Å². The highest BCUT2D eigenvalue weighted by Gasteiger charge is 2.44. The van der Waals surface area contributed by atoms with Crippen LogP contribution in [0.25, 0.3) is 0 Å². The van der Waals surface area contributed by atoms with Gasteiger partial charge in [0.25, 0.3) is 11.8 Å². The molecular weight excluding hydrogens is 419 g/mol. The van der Waals surface area contributed by atoms with E-state index in [1.165, 1.54) is 7.05 Å². The van der Waals surface area contributed by atoms with Crippen LogP contribution in [0.15, 0.2) is 36.4 Å². The summed E-state index contributed by atoms with van der Waals surface area (Å²) in [4.78, 5) is 27.1. The number of hydrogen-bond acceptors (Lipinski definition) is 3. The van der Waals surface area contributed by atoms with Crippen LogP contribution >= 0.6 is 0 Å². The fourth-order valence-corrected chi connectivity index (χ4v) is 5.13. The summed E-state index contributed by atoms with van der Waals surface area (Å²) in [6.07, 6.45) is 3.16. The summed E-state index contributed by atoms with van der Waals surface area (Å²) in [6.45, 7) is 0. The molecule has 2 bridgehead atoms. The number of amides is 2. The molecular formula is C24H26F3N3O2. The van der Waals surface area contributed by atoms with Gasteiger partial charge in [0.05, 0.1) is 0 Å². The summed E-state index contributed by atoms with van der Waals surface area (Å²) in [5, 5.41) is 2.56. The first-order valence-electron chi connectivity index (χ1n) is 10.8. The van der Waals surface area contributed by atoms with Gasteiger partial charge in [-0.2, -0.15) is 0 Å². The Hall–Kier alpha value is -2.87. The van der Waals surface area contributed by atoms with E-state index < -0.39 is 23.5 Å². The fourth-order valence-electron chi connectivity index (χ4n) is 5.13. The van der Waals surface area contributed by atoms with E-state index in [0.717, 1.165) is 18.9 Å². The smallest absolute Gasteiger partial charge is 0.254 e. The van der Waals surface area contributed by atoms with Crippen molar-refractivity contribution >= 4 is 11.8 Å². The highest BCUT2D eigenvalue weighted by atomic mass is 19.2. The molecule has 2 aromatic rings. The average molecular weight is 445 g/mol. The first-order valence-corrected chi connectivity index (χ1v) is 10.8. The number of fused-ring (bicyclic) bond motifs is 2. The number of nitrogens with zero attached hydrogens (tertiary/aromatic N) is 1. The number of nitrogens with two attached hydrogens (primary N) is 1. The predicted octanol–water partition coefficient (Wildman–Crippen LogP) is 3.42. The summed E-state index contributed by atoms with van der Waals surface area (Å²) in [7, 11) is 1.54. The molecule has 2 aliphatic rings. The molecule has 4 rings (SSSR count). The molecule has 170 valence electrons. The van der Waals surface area contributed by atoms with E-state index in [0.29, 0.717) is 30.0 Å². The third-order valence-corrected chi connectivity index (χ3v) is 6.75. The maximum atomic E-state index is 14.1. The largest absolute Gasteiger partial charge is 0.355 e. The minimum absolute atomic E-state index is 0.00996. The zero-order chi connectivity index (χ0) is 23.0. The van der Waals surface area contributed by atoms with E-state index in [9.17, 15) is 22.8 Å². The number of carbonyl (C=O) groups is 2. The molecule has 32 heavy (non-hydrogen) atoms. The lowest BCUT2D eigenvalue weighted by Gasteiger charge is -2.41. The third-order valence-electron chi connectivity index (χ3n) is 6.75. The van der Waals surface area contributed by atoms with Gasteiger partial charge in [0.2, 0.25) is 0 Å². The Balaban J connectivity index is 1.46. The molecule has 2 saturated heterocycles. The third kappa shape index (κ3) is 4.24. The number of nitrogens with one attached hydrogen (secondary N) is 1. The van der Waals surface area contributed by atoms with Crippen LogP contribution in [0.1, 0.15) is 52.0 Å². The monoisotopic (exact) mass is 445 g/mol. The number of rotatable bonds is 5. The Labute approximate surface area is 184 Å². The van der Waals surface area contributed by atoms with Gasteiger partial charge < -0.3 is 16.0 Å². The normalized spacial score (nSPS) is 23.2. The lowest BCUT2D eigenvalue weighted by molar-refractivity contribution is 0.0500. The van der Waals surface area contributed by atoms with Crippen LogP contribution in [-0.2, 0) is 6.42 Å². The second kappa shape index (κ2) is 8.94. The fraction of sp³-hybridized carbons (Fsp3) is 0.417. The highest BCUT2D eigenvalue weighted by molar-refractivity contribution is 5.99. The van der Waals surface area contributed by atoms with Crippen LogP contribution in [-0.4, -0.2) is 41.9 Å². The minimum atomic E-state index is -1.22. The van der Waals surface area contributed by atoms with Crippen molar-refractivity contribution in [3.05, 3.63) is 70.5 Å². The molecule has 2 aliphatic heterocycles. The van der Waals surface area contributed by atoms with Gasteiger partial charge in [-0.05, 0) is 67.9 Å². The minimum Gasteiger partial charge on any atom is -0.355 e. The summed E-state index contributed by atoms with van der Waals surface area (Å²) in [5.74, 6) is -3.43. The van der Waals surface area contributed by atoms with Crippen molar-refractivity contribution in [2.75, 3.05) is 7.05 Å². The summed E-state index contributed by atoms with van der Waals surface area (Å²) < 4.78 is 40.8. The molecule has 2 fully saturated rings. The van der Waals surface area contributed by atoms with Crippen LogP contribution in [0.2, 0.25) is 0 Å². The SMILES string of the molecule is CNC(=O)c1cccc(C(=O)N2C3CCC2CC([C@H](N)Cc2cc(F)c(F)cc2F)C3)c1. The average Bonchev–Trinajstić information content (AvgIpc) is 3.05. The van der Waals surface area contributed by atoms with Gasteiger partial charge in [-0.1, -0.05) is 6.07 Å². The zero-order valence-electron chi connectivity index (χ0n) is 17.8. The van der Waals surface area contributed by atoms with Crippen molar-refractivity contribution in [3.8, 4) is 0 Å². The maximum Gasteiger partial charge on any atom is 0.254 e. The van der Waals surface area contributed by atoms with Crippen LogP contribution in [0.5, 0.6) is 0 Å². The number of benzene rings is 2. The lowest BCUT2D eigenvalue weighted by atomic mass is 9.82. The molecule has 0 radical (unpaired) electrons. The molecule has 2 aromatic carbocycles. The Morgan fingerprint density at radius 1 is 1.03 bits per heavy atom. The van der Waals surface area contributed by atoms with E-state index in [-0.39, 0.29) is 41.8 Å². The number of piperidine rings is 1. The van der Waals surface area contributed by atoms with Crippen molar-refractivity contribution in [2.24, 2.45) is 11.7 Å². The van der Waals surface area contributed by atoms with Crippen LogP contribution in [0.3, 0.4) is 0 Å². The Morgan fingerprint density at radius 3 is 2.31 bits per heavy atom. The van der Waals surface area contributed by atoms with Crippen molar-refractivity contribution in [2.45, 2.75) is 50.2 Å². The van der Waals surface area contributed by atoms with E-state index in [4.69, 9.17) is 5.73 Å². The summed E-state index contributed by atoms with van der Waals surface area (Å²) >= 11 is 0. The molecule has 0 saturated carbocycles. The molecule has 2 amide bonds. The molecule has 0 aliphatic carbocycles. The first-order chi connectivity index (χ1) is 15.3. The molecule has 0 spiro atoms. The molecule has 8 heteroatoms. The predicted molar refractivity (Wildman–Crippen MR) is 114 cm³/mol. The molecule has 2 unspecified atom stereocenters. The molecule has 2 heterocycles. The van der Waals surface area contributed by atoms with Gasteiger partial charge >= 0.3 is 0 Å². The highest BCUT2D eigenvalue weighted by Crippen LogP contribution is 2.41. The Kier molecular flexibility index (Phi) is 6.24. The maximum absolute atomic E-state index is 14.1. The molecule has 0 aromatic heterocycles. The van der Waals surface area contributed by atoms with Gasteiger partial charge in [-0.3, -0.25) is 9.59 Å². The van der Waals surface area contributed by atoms with E-state index in [1.54, 1.807) is 24.3 Å².